The molecular formula is C32H23F2N7O3. The van der Waals surface area contributed by atoms with Crippen molar-refractivity contribution in [3.8, 4) is 11.4 Å². The third-order valence-electron chi connectivity index (χ3n) is 6.83. The van der Waals surface area contributed by atoms with Crippen LogP contribution in [-0.2, 0) is 11.3 Å². The molecule has 1 aliphatic rings. The van der Waals surface area contributed by atoms with Crippen molar-refractivity contribution < 1.29 is 18.4 Å². The average molecular weight is 592 g/mol. The standard InChI is InChI=1S/C32H23F2N7O3/c33-26-8-6-20(11-27(26)34)17-41-18-36-16-25(32(41)44)30(42)37-10-1-3-19-5-7-23-24(31(43)40-28(23)12-19)13-22-15-38-29(39-22)21-4-2-9-35-14-21/h1-9,11-16,18H,10,17H2,(H,37,42)(H,38,39)(H,40,43)/b3-1+,24-13?. The highest BCUT2D eigenvalue weighted by atomic mass is 19.2. The van der Waals surface area contributed by atoms with Crippen LogP contribution >= 0.6 is 0 Å². The van der Waals surface area contributed by atoms with Crippen LogP contribution in [0.15, 0.2) is 90.5 Å². The summed E-state index contributed by atoms with van der Waals surface area (Å²) in [6.45, 7) is 0.0359. The lowest BCUT2D eigenvalue weighted by Gasteiger charge is -2.08. The molecule has 0 radical (unpaired) electrons. The van der Waals surface area contributed by atoms with E-state index in [1.165, 1.54) is 12.4 Å². The first-order chi connectivity index (χ1) is 21.4. The number of nitrogens with one attached hydrogen (secondary N) is 3. The number of pyridine rings is 1. The first-order valence-corrected chi connectivity index (χ1v) is 13.4. The molecule has 0 bridgehead atoms. The smallest absolute Gasteiger partial charge is 0.266 e. The van der Waals surface area contributed by atoms with E-state index in [-0.39, 0.29) is 24.6 Å². The molecule has 1 aliphatic heterocycles. The van der Waals surface area contributed by atoms with E-state index in [4.69, 9.17) is 0 Å². The molecule has 10 nitrogen and oxygen atoms in total. The molecule has 0 saturated heterocycles. The van der Waals surface area contributed by atoms with Gasteiger partial charge in [0, 0.05) is 41.9 Å². The van der Waals surface area contributed by atoms with Crippen LogP contribution in [0.3, 0.4) is 0 Å². The number of nitrogens with zero attached hydrogens (tertiary/aromatic N) is 4. The maximum absolute atomic E-state index is 13.5. The van der Waals surface area contributed by atoms with Gasteiger partial charge >= 0.3 is 0 Å². The molecular weight excluding hydrogens is 568 g/mol. The summed E-state index contributed by atoms with van der Waals surface area (Å²) in [7, 11) is 0. The van der Waals surface area contributed by atoms with E-state index in [1.54, 1.807) is 36.8 Å². The molecule has 12 heteroatoms. The van der Waals surface area contributed by atoms with Crippen LogP contribution in [0.1, 0.15) is 32.7 Å². The fourth-order valence-corrected chi connectivity index (χ4v) is 4.67. The largest absolute Gasteiger partial charge is 0.348 e. The number of aromatic nitrogens is 5. The molecule has 44 heavy (non-hydrogen) atoms. The second-order valence-electron chi connectivity index (χ2n) is 9.85. The van der Waals surface area contributed by atoms with Crippen LogP contribution < -0.4 is 16.2 Å². The van der Waals surface area contributed by atoms with Gasteiger partial charge in [0.1, 0.15) is 11.4 Å². The van der Waals surface area contributed by atoms with Crippen LogP contribution in [0.25, 0.3) is 29.1 Å². The first kappa shape index (κ1) is 28.1. The van der Waals surface area contributed by atoms with E-state index < -0.39 is 23.1 Å². The number of rotatable bonds is 8. The van der Waals surface area contributed by atoms with Gasteiger partial charge < -0.3 is 15.6 Å². The highest BCUT2D eigenvalue weighted by Gasteiger charge is 2.24. The summed E-state index contributed by atoms with van der Waals surface area (Å²) in [5, 5.41) is 5.52. The van der Waals surface area contributed by atoms with Crippen molar-refractivity contribution in [1.29, 1.82) is 0 Å². The van der Waals surface area contributed by atoms with Gasteiger partial charge in [-0.2, -0.15) is 0 Å². The van der Waals surface area contributed by atoms with Crippen molar-refractivity contribution in [2.45, 2.75) is 6.54 Å². The third kappa shape index (κ3) is 5.95. The van der Waals surface area contributed by atoms with Crippen LogP contribution in [0, 0.1) is 11.6 Å². The predicted molar refractivity (Wildman–Crippen MR) is 160 cm³/mol. The molecule has 6 rings (SSSR count). The third-order valence-corrected chi connectivity index (χ3v) is 6.83. The zero-order valence-corrected chi connectivity index (χ0v) is 22.9. The Morgan fingerprint density at radius 1 is 1.00 bits per heavy atom. The normalized spacial score (nSPS) is 13.3. The monoisotopic (exact) mass is 591 g/mol. The van der Waals surface area contributed by atoms with Crippen molar-refractivity contribution >= 4 is 35.2 Å². The molecule has 0 spiro atoms. The minimum absolute atomic E-state index is 0.0792. The van der Waals surface area contributed by atoms with E-state index in [0.29, 0.717) is 28.3 Å². The molecule has 4 heterocycles. The number of anilines is 1. The van der Waals surface area contributed by atoms with Crippen LogP contribution in [0.4, 0.5) is 14.5 Å². The van der Waals surface area contributed by atoms with E-state index >= 15 is 0 Å². The topological polar surface area (TPSA) is 135 Å². The Morgan fingerprint density at radius 2 is 1.89 bits per heavy atom. The molecule has 0 atom stereocenters. The summed E-state index contributed by atoms with van der Waals surface area (Å²) >= 11 is 0. The molecule has 0 unspecified atom stereocenters. The zero-order chi connectivity index (χ0) is 30.6. The lowest BCUT2D eigenvalue weighted by molar-refractivity contribution is -0.110. The quantitative estimate of drug-likeness (QED) is 0.231. The second-order valence-corrected chi connectivity index (χ2v) is 9.85. The summed E-state index contributed by atoms with van der Waals surface area (Å²) in [4.78, 5) is 53.8. The molecule has 218 valence electrons. The highest BCUT2D eigenvalue weighted by molar-refractivity contribution is 6.34. The lowest BCUT2D eigenvalue weighted by atomic mass is 10.0. The summed E-state index contributed by atoms with van der Waals surface area (Å²) < 4.78 is 27.9. The van der Waals surface area contributed by atoms with Crippen LogP contribution in [0.2, 0.25) is 0 Å². The number of aromatic amines is 1. The van der Waals surface area contributed by atoms with Gasteiger partial charge in [0.2, 0.25) is 0 Å². The average Bonchev–Trinajstić information content (AvgIpc) is 3.62. The SMILES string of the molecule is O=C1Nc2cc(/C=C/CNC(=O)c3cncn(Cc4ccc(F)c(F)c4)c3=O)ccc2C1=Cc1cnc(-c2cccnc2)[nH]1. The minimum atomic E-state index is -1.03. The second kappa shape index (κ2) is 12.1. The lowest BCUT2D eigenvalue weighted by Crippen LogP contribution is -2.33. The van der Waals surface area contributed by atoms with Gasteiger partial charge in [-0.1, -0.05) is 30.4 Å². The number of H-pyrrole nitrogens is 1. The summed E-state index contributed by atoms with van der Waals surface area (Å²) in [6.07, 6.45) is 12.6. The summed E-state index contributed by atoms with van der Waals surface area (Å²) in [5.41, 5.74) is 3.72. The van der Waals surface area contributed by atoms with E-state index in [2.05, 4.69) is 30.6 Å². The molecule has 0 saturated carbocycles. The highest BCUT2D eigenvalue weighted by Crippen LogP contribution is 2.34. The maximum atomic E-state index is 13.5. The van der Waals surface area contributed by atoms with Gasteiger partial charge in [-0.25, -0.2) is 18.7 Å². The number of amides is 2. The van der Waals surface area contributed by atoms with Gasteiger partial charge in [-0.05, 0) is 47.5 Å². The summed E-state index contributed by atoms with van der Waals surface area (Å²) in [6, 6.07) is 12.5. The Balaban J connectivity index is 1.09. The van der Waals surface area contributed by atoms with Crippen molar-refractivity contribution in [2.24, 2.45) is 0 Å². The molecule has 5 aromatic rings. The van der Waals surface area contributed by atoms with Crippen LogP contribution in [-0.4, -0.2) is 42.9 Å². The first-order valence-electron chi connectivity index (χ1n) is 13.4. The van der Waals surface area contributed by atoms with Crippen molar-refractivity contribution in [2.75, 3.05) is 11.9 Å². The van der Waals surface area contributed by atoms with Crippen molar-refractivity contribution in [1.82, 2.24) is 29.8 Å². The number of imidazole rings is 1. The molecule has 2 aromatic carbocycles. The molecule has 0 aliphatic carbocycles. The number of carbonyl (C=O) groups is 2. The fourth-order valence-electron chi connectivity index (χ4n) is 4.67. The molecule has 3 N–H and O–H groups in total. The van der Waals surface area contributed by atoms with E-state index in [9.17, 15) is 23.2 Å². The number of carbonyl (C=O) groups excluding carboxylic acids is 2. The number of hydrogen-bond donors (Lipinski definition) is 3. The Bertz CT molecular complexity index is 2020. The number of halogens is 2. The Morgan fingerprint density at radius 3 is 2.70 bits per heavy atom. The van der Waals surface area contributed by atoms with Crippen molar-refractivity contribution in [3.63, 3.8) is 0 Å². The van der Waals surface area contributed by atoms with Gasteiger partial charge in [-0.3, -0.25) is 23.9 Å². The van der Waals surface area contributed by atoms with Gasteiger partial charge in [-0.15, -0.1) is 0 Å². The predicted octanol–water partition coefficient (Wildman–Crippen LogP) is 4.29. The van der Waals surface area contributed by atoms with Gasteiger partial charge in [0.25, 0.3) is 17.4 Å². The summed E-state index contributed by atoms with van der Waals surface area (Å²) in [5.74, 6) is -2.25. The van der Waals surface area contributed by atoms with Gasteiger partial charge in [0.05, 0.1) is 30.3 Å². The Labute approximate surface area is 248 Å². The minimum Gasteiger partial charge on any atom is -0.348 e. The number of fused-ring (bicyclic) bond motifs is 1. The Kier molecular flexibility index (Phi) is 7.70. The van der Waals surface area contributed by atoms with Gasteiger partial charge in [0.15, 0.2) is 11.6 Å². The molecule has 0 fully saturated rings. The fraction of sp³-hybridized carbons (Fsp3) is 0.0625. The zero-order valence-electron chi connectivity index (χ0n) is 22.9. The number of benzene rings is 2. The van der Waals surface area contributed by atoms with Crippen molar-refractivity contribution in [3.05, 3.63) is 136 Å². The Hall–Kier alpha value is -6.04. The van der Waals surface area contributed by atoms with Crippen LogP contribution in [0.5, 0.6) is 0 Å². The maximum Gasteiger partial charge on any atom is 0.266 e. The van der Waals surface area contributed by atoms with E-state index in [1.807, 2.05) is 30.3 Å². The number of hydrogen-bond acceptors (Lipinski definition) is 6. The van der Waals surface area contributed by atoms with E-state index in [0.717, 1.165) is 39.6 Å². The molecule has 2 amide bonds. The molecule has 3 aromatic heterocycles.